The van der Waals surface area contributed by atoms with Gasteiger partial charge in [-0.05, 0) is 0 Å². The van der Waals surface area contributed by atoms with Crippen LogP contribution in [0, 0.1) is 0 Å². The van der Waals surface area contributed by atoms with Crippen LogP contribution in [-0.4, -0.2) is 86.6 Å². The van der Waals surface area contributed by atoms with E-state index in [1.54, 1.807) is 0 Å². The Hall–Kier alpha value is 3.31. The Labute approximate surface area is 106 Å². The molecule has 1 nitrogen and oxygen atoms in total. The third-order valence-electron chi connectivity index (χ3n) is 0. The molecule has 4 heteroatoms. The van der Waals surface area contributed by atoms with Crippen LogP contribution in [0.2, 0.25) is 0 Å². The maximum atomic E-state index is 0. The first-order valence-electron chi connectivity index (χ1n) is 0. The van der Waals surface area contributed by atoms with Crippen molar-refractivity contribution in [1.82, 2.24) is 0 Å². The van der Waals surface area contributed by atoms with Gasteiger partial charge in [-0.1, -0.05) is 0 Å². The van der Waals surface area contributed by atoms with E-state index in [0.29, 0.717) is 0 Å². The van der Waals surface area contributed by atoms with Crippen molar-refractivity contribution in [3.05, 3.63) is 0 Å². The SMILES string of the molecule is [BaH2].[CaH2].[Cu+2].[O-2]. The molecular weight excluding hydrogens is 257 g/mol. The van der Waals surface area contributed by atoms with Crippen LogP contribution in [0.5, 0.6) is 0 Å². The fraction of sp³-hybridized carbons (Fsp3) is 0. The van der Waals surface area contributed by atoms with Crippen molar-refractivity contribution in [2.45, 2.75) is 0 Å². The molecule has 0 rings (SSSR count). The summed E-state index contributed by atoms with van der Waals surface area (Å²) in [7, 11) is 0. The van der Waals surface area contributed by atoms with Crippen LogP contribution in [0.4, 0.5) is 0 Å². The monoisotopic (exact) mass is 261 g/mol. The summed E-state index contributed by atoms with van der Waals surface area (Å²) in [6, 6.07) is 0. The normalized spacial score (nSPS) is 0. The van der Waals surface area contributed by atoms with Crippen molar-refractivity contribution < 1.29 is 22.5 Å². The summed E-state index contributed by atoms with van der Waals surface area (Å²) in [4.78, 5) is 0. The molecule has 0 heterocycles. The van der Waals surface area contributed by atoms with E-state index in [-0.39, 0.29) is 109 Å². The van der Waals surface area contributed by atoms with Gasteiger partial charge in [0.25, 0.3) is 0 Å². The van der Waals surface area contributed by atoms with Gasteiger partial charge in [-0.15, -0.1) is 0 Å². The van der Waals surface area contributed by atoms with Crippen LogP contribution < -0.4 is 0 Å². The zero-order valence-corrected chi connectivity index (χ0v) is 1.65. The van der Waals surface area contributed by atoms with Crippen molar-refractivity contribution in [2.24, 2.45) is 0 Å². The molecule has 0 aromatic rings. The average Bonchev–Trinajstić information content (AvgIpc) is 0. The molecule has 0 amide bonds. The molecule has 0 atom stereocenters. The second-order valence-electron chi connectivity index (χ2n) is 0. The Kier molecular flexibility index (Phi) is 108. The summed E-state index contributed by atoms with van der Waals surface area (Å²) in [5, 5.41) is 0. The van der Waals surface area contributed by atoms with E-state index in [2.05, 4.69) is 0 Å². The molecule has 25 valence electrons. The molecule has 0 aliphatic carbocycles. The molecule has 0 aliphatic rings. The summed E-state index contributed by atoms with van der Waals surface area (Å²) < 4.78 is 0. The van der Waals surface area contributed by atoms with Crippen molar-refractivity contribution in [3.8, 4) is 0 Å². The van der Waals surface area contributed by atoms with Crippen LogP contribution in [0.15, 0.2) is 0 Å². The van der Waals surface area contributed by atoms with Crippen molar-refractivity contribution in [3.63, 3.8) is 0 Å². The first-order valence-corrected chi connectivity index (χ1v) is 0. The first-order chi connectivity index (χ1) is 0. The van der Waals surface area contributed by atoms with Crippen LogP contribution >= 0.6 is 0 Å². The van der Waals surface area contributed by atoms with Gasteiger partial charge in [0, 0.05) is 0 Å². The van der Waals surface area contributed by atoms with E-state index in [1.165, 1.54) is 0 Å². The largest absolute Gasteiger partial charge is 2.00 e. The van der Waals surface area contributed by atoms with Gasteiger partial charge in [0.05, 0.1) is 0 Å². The van der Waals surface area contributed by atoms with E-state index >= 15 is 0 Å². The van der Waals surface area contributed by atoms with Gasteiger partial charge in [-0.3, -0.25) is 0 Å². The summed E-state index contributed by atoms with van der Waals surface area (Å²) >= 11 is 0. The third-order valence-corrected chi connectivity index (χ3v) is 0. The predicted molar refractivity (Wildman–Crippen MR) is 17.8 cm³/mol. The van der Waals surface area contributed by atoms with Crippen molar-refractivity contribution >= 4 is 86.6 Å². The van der Waals surface area contributed by atoms with E-state index in [0.717, 1.165) is 0 Å². The smallest absolute Gasteiger partial charge is 2.00 e. The molecule has 0 aromatic carbocycles. The van der Waals surface area contributed by atoms with Gasteiger partial charge in [0.2, 0.25) is 0 Å². The van der Waals surface area contributed by atoms with Crippen LogP contribution in [0.3, 0.4) is 0 Å². The second-order valence-corrected chi connectivity index (χ2v) is 0. The van der Waals surface area contributed by atoms with Crippen LogP contribution in [-0.2, 0) is 22.5 Å². The first kappa shape index (κ1) is 26.6. The van der Waals surface area contributed by atoms with E-state index in [4.69, 9.17) is 0 Å². The quantitative estimate of drug-likeness (QED) is 0.453. The van der Waals surface area contributed by atoms with Crippen LogP contribution in [0.1, 0.15) is 0 Å². The van der Waals surface area contributed by atoms with E-state index in [1.807, 2.05) is 0 Å². The van der Waals surface area contributed by atoms with Crippen molar-refractivity contribution in [2.75, 3.05) is 0 Å². The molecule has 0 unspecified atom stereocenters. The average molecular weight is 261 g/mol. The Morgan fingerprint density at radius 2 is 1.00 bits per heavy atom. The summed E-state index contributed by atoms with van der Waals surface area (Å²) in [5.74, 6) is 0. The third kappa shape index (κ3) is 9.00. The Morgan fingerprint density at radius 3 is 1.00 bits per heavy atom. The van der Waals surface area contributed by atoms with Crippen molar-refractivity contribution in [1.29, 1.82) is 0 Å². The van der Waals surface area contributed by atoms with E-state index < -0.39 is 0 Å². The Balaban J connectivity index is 0. The maximum absolute atomic E-state index is 0. The number of rotatable bonds is 0. The van der Waals surface area contributed by atoms with Gasteiger partial charge in [0.1, 0.15) is 0 Å². The second kappa shape index (κ2) is 16.2. The molecule has 0 saturated carbocycles. The molecule has 0 aromatic heterocycles. The molecule has 0 N–H and O–H groups in total. The predicted octanol–water partition coefficient (Wildman–Crippen LogP) is -1.95. The van der Waals surface area contributed by atoms with Gasteiger partial charge in [0.15, 0.2) is 0 Å². The fourth-order valence-corrected chi connectivity index (χ4v) is 0. The minimum Gasteiger partial charge on any atom is -2.00 e. The minimum atomic E-state index is 0. The topological polar surface area (TPSA) is 28.5 Å². The molecular formula is H4BaCaCuO. The van der Waals surface area contributed by atoms with E-state index in [9.17, 15) is 0 Å². The Morgan fingerprint density at radius 1 is 1.00 bits per heavy atom. The molecule has 0 saturated heterocycles. The molecule has 0 bridgehead atoms. The number of hydrogen-bond donors (Lipinski definition) is 0. The Bertz CT molecular complexity index is 8.00. The fourth-order valence-electron chi connectivity index (χ4n) is 0. The zero-order valence-electron chi connectivity index (χ0n) is 0.710. The molecule has 0 aliphatic heterocycles. The molecule has 1 radical (unpaired) electrons. The van der Waals surface area contributed by atoms with Gasteiger partial charge >= 0.3 is 104 Å². The standard InChI is InChI=1S/Ba.Ca.Cu.O.4H/q;;+2;-2;;;;. The van der Waals surface area contributed by atoms with Gasteiger partial charge in [-0.2, -0.15) is 0 Å². The summed E-state index contributed by atoms with van der Waals surface area (Å²) in [6.45, 7) is 0. The van der Waals surface area contributed by atoms with Gasteiger partial charge < -0.3 is 5.48 Å². The zero-order chi connectivity index (χ0) is 0. The summed E-state index contributed by atoms with van der Waals surface area (Å²) in [6.07, 6.45) is 0. The maximum Gasteiger partial charge on any atom is 2.00 e. The molecule has 0 fully saturated rings. The van der Waals surface area contributed by atoms with Gasteiger partial charge in [-0.25, -0.2) is 0 Å². The molecule has 4 heavy (non-hydrogen) atoms. The minimum absolute atomic E-state index is 0. The molecule has 0 spiro atoms. The number of hydrogen-bond acceptors (Lipinski definition) is 0. The van der Waals surface area contributed by atoms with Crippen LogP contribution in [0.25, 0.3) is 0 Å². The summed E-state index contributed by atoms with van der Waals surface area (Å²) in [5.41, 5.74) is 0.